The third-order valence-electron chi connectivity index (χ3n) is 3.74. The van der Waals surface area contributed by atoms with Crippen LogP contribution in [0.4, 0.5) is 13.2 Å². The molecule has 1 aliphatic carbocycles. The van der Waals surface area contributed by atoms with Gasteiger partial charge in [-0.3, -0.25) is 4.79 Å². The molecule has 2 atom stereocenters. The Balaban J connectivity index is 2.60. The summed E-state index contributed by atoms with van der Waals surface area (Å²) in [6.45, 7) is 0. The van der Waals surface area contributed by atoms with E-state index < -0.39 is 29.9 Å². The normalized spacial score (nSPS) is 19.7. The van der Waals surface area contributed by atoms with E-state index in [-0.39, 0.29) is 16.3 Å². The molecule has 0 aromatic heterocycles. The van der Waals surface area contributed by atoms with Gasteiger partial charge in [0.05, 0.1) is 12.1 Å². The molecule has 116 valence electrons. The molecule has 1 N–H and O–H groups in total. The fourth-order valence-corrected chi connectivity index (χ4v) is 2.84. The first kappa shape index (κ1) is 16.1. The monoisotopic (exact) mass is 322 g/mol. The number of aldehydes is 1. The Morgan fingerprint density at radius 2 is 2.05 bits per heavy atom. The SMILES string of the molecule is COc1c(Cl)cccc1C(C1CC1)C(O)(C=O)C(F)(F)F. The van der Waals surface area contributed by atoms with Gasteiger partial charge in [-0.25, -0.2) is 0 Å². The standard InChI is InChI=1S/C14H14ClF3O3/c1-21-12-9(3-2-4-10(12)15)11(8-5-6-8)13(20,7-19)14(16,17)18/h2-4,7-8,11,20H,5-6H2,1H3. The topological polar surface area (TPSA) is 46.5 Å². The third kappa shape index (κ3) is 2.74. The highest BCUT2D eigenvalue weighted by atomic mass is 35.5. The van der Waals surface area contributed by atoms with Gasteiger partial charge >= 0.3 is 6.18 Å². The quantitative estimate of drug-likeness (QED) is 0.846. The number of ether oxygens (including phenoxy) is 1. The summed E-state index contributed by atoms with van der Waals surface area (Å²) in [6, 6.07) is 4.34. The minimum Gasteiger partial charge on any atom is -0.495 e. The maximum atomic E-state index is 13.2. The van der Waals surface area contributed by atoms with E-state index in [4.69, 9.17) is 16.3 Å². The molecule has 0 radical (unpaired) electrons. The molecule has 2 rings (SSSR count). The van der Waals surface area contributed by atoms with E-state index in [2.05, 4.69) is 0 Å². The average Bonchev–Trinajstić information content (AvgIpc) is 3.22. The van der Waals surface area contributed by atoms with Gasteiger partial charge in [-0.05, 0) is 24.8 Å². The molecule has 1 aromatic rings. The Labute approximate surface area is 124 Å². The molecule has 0 heterocycles. The fourth-order valence-electron chi connectivity index (χ4n) is 2.58. The zero-order chi connectivity index (χ0) is 15.8. The zero-order valence-electron chi connectivity index (χ0n) is 11.2. The maximum Gasteiger partial charge on any atom is 0.424 e. The van der Waals surface area contributed by atoms with E-state index in [0.717, 1.165) is 0 Å². The van der Waals surface area contributed by atoms with Crippen molar-refractivity contribution in [3.8, 4) is 5.75 Å². The molecule has 1 aliphatic rings. The summed E-state index contributed by atoms with van der Waals surface area (Å²) in [5.41, 5.74) is -3.36. The van der Waals surface area contributed by atoms with E-state index >= 15 is 0 Å². The van der Waals surface area contributed by atoms with Crippen molar-refractivity contribution in [1.29, 1.82) is 0 Å². The fraction of sp³-hybridized carbons (Fsp3) is 0.500. The second-order valence-electron chi connectivity index (χ2n) is 5.12. The molecule has 3 nitrogen and oxygen atoms in total. The molecule has 7 heteroatoms. The van der Waals surface area contributed by atoms with Crippen LogP contribution in [0.2, 0.25) is 5.02 Å². The predicted octanol–water partition coefficient (Wildman–Crippen LogP) is 3.33. The first-order chi connectivity index (χ1) is 9.76. The van der Waals surface area contributed by atoms with Gasteiger partial charge in [-0.15, -0.1) is 0 Å². The molecule has 0 amide bonds. The molecular weight excluding hydrogens is 309 g/mol. The van der Waals surface area contributed by atoms with Crippen molar-refractivity contribution >= 4 is 17.9 Å². The molecule has 1 aromatic carbocycles. The maximum absolute atomic E-state index is 13.2. The summed E-state index contributed by atoms with van der Waals surface area (Å²) >= 11 is 5.93. The number of aliphatic hydroxyl groups is 1. The smallest absolute Gasteiger partial charge is 0.424 e. The highest BCUT2D eigenvalue weighted by Crippen LogP contribution is 2.54. The van der Waals surface area contributed by atoms with Gasteiger partial charge in [0.25, 0.3) is 0 Å². The van der Waals surface area contributed by atoms with Gasteiger partial charge in [-0.1, -0.05) is 23.7 Å². The number of halogens is 4. The number of carbonyl (C=O) groups is 1. The Hall–Kier alpha value is -1.27. The summed E-state index contributed by atoms with van der Waals surface area (Å²) in [4.78, 5) is 11.1. The summed E-state index contributed by atoms with van der Waals surface area (Å²) in [5, 5.41) is 10.1. The summed E-state index contributed by atoms with van der Waals surface area (Å²) in [5.74, 6) is -1.81. The molecule has 2 unspecified atom stereocenters. The van der Waals surface area contributed by atoms with Crippen molar-refractivity contribution in [3.63, 3.8) is 0 Å². The molecule has 0 bridgehead atoms. The van der Waals surface area contributed by atoms with Gasteiger partial charge < -0.3 is 9.84 Å². The number of hydrogen-bond acceptors (Lipinski definition) is 3. The second kappa shape index (κ2) is 5.50. The first-order valence-electron chi connectivity index (χ1n) is 6.34. The molecule has 1 saturated carbocycles. The van der Waals surface area contributed by atoms with E-state index in [1.165, 1.54) is 25.3 Å². The number of hydrogen-bond donors (Lipinski definition) is 1. The van der Waals surface area contributed by atoms with Crippen LogP contribution < -0.4 is 4.74 Å². The van der Waals surface area contributed by atoms with Crippen LogP contribution in [0.5, 0.6) is 5.75 Å². The van der Waals surface area contributed by atoms with E-state index in [1.807, 2.05) is 0 Å². The van der Waals surface area contributed by atoms with Crippen LogP contribution in [0.15, 0.2) is 18.2 Å². The van der Waals surface area contributed by atoms with Gasteiger partial charge in [0.1, 0.15) is 5.75 Å². The average molecular weight is 323 g/mol. The molecule has 1 fully saturated rings. The van der Waals surface area contributed by atoms with Gasteiger partial charge in [0.15, 0.2) is 6.29 Å². The highest BCUT2D eigenvalue weighted by molar-refractivity contribution is 6.32. The lowest BCUT2D eigenvalue weighted by atomic mass is 9.78. The van der Waals surface area contributed by atoms with E-state index in [1.54, 1.807) is 0 Å². The summed E-state index contributed by atoms with van der Waals surface area (Å²) in [7, 11) is 1.28. The Kier molecular flexibility index (Phi) is 4.22. The van der Waals surface area contributed by atoms with Crippen LogP contribution >= 0.6 is 11.6 Å². The van der Waals surface area contributed by atoms with Crippen molar-refractivity contribution in [1.82, 2.24) is 0 Å². The lowest BCUT2D eigenvalue weighted by Gasteiger charge is -2.34. The van der Waals surface area contributed by atoms with E-state index in [9.17, 15) is 23.1 Å². The number of methoxy groups -OCH3 is 1. The first-order valence-corrected chi connectivity index (χ1v) is 6.72. The predicted molar refractivity (Wildman–Crippen MR) is 70.5 cm³/mol. The Morgan fingerprint density at radius 1 is 1.43 bits per heavy atom. The molecular formula is C14H14ClF3O3. The van der Waals surface area contributed by atoms with Gasteiger partial charge in [-0.2, -0.15) is 13.2 Å². The van der Waals surface area contributed by atoms with Crippen LogP contribution in [-0.2, 0) is 4.79 Å². The van der Waals surface area contributed by atoms with Crippen molar-refractivity contribution < 1.29 is 27.8 Å². The van der Waals surface area contributed by atoms with Crippen LogP contribution in [0.3, 0.4) is 0 Å². The van der Waals surface area contributed by atoms with Crippen LogP contribution in [0.25, 0.3) is 0 Å². The highest BCUT2D eigenvalue weighted by Gasteiger charge is 2.63. The number of alkyl halides is 3. The third-order valence-corrected chi connectivity index (χ3v) is 4.04. The molecule has 0 saturated heterocycles. The molecule has 0 aliphatic heterocycles. The van der Waals surface area contributed by atoms with Gasteiger partial charge in [0, 0.05) is 11.5 Å². The summed E-state index contributed by atoms with van der Waals surface area (Å²) < 4.78 is 44.7. The number of carbonyl (C=O) groups excluding carboxylic acids is 1. The molecule has 0 spiro atoms. The Morgan fingerprint density at radius 3 is 2.48 bits per heavy atom. The van der Waals surface area contributed by atoms with Crippen LogP contribution in [-0.4, -0.2) is 30.3 Å². The van der Waals surface area contributed by atoms with Crippen molar-refractivity contribution in [2.75, 3.05) is 7.11 Å². The lowest BCUT2D eigenvalue weighted by Crippen LogP contribution is -2.52. The van der Waals surface area contributed by atoms with Gasteiger partial charge in [0.2, 0.25) is 5.60 Å². The largest absolute Gasteiger partial charge is 0.495 e. The van der Waals surface area contributed by atoms with Crippen LogP contribution in [0.1, 0.15) is 24.3 Å². The minimum atomic E-state index is -5.07. The van der Waals surface area contributed by atoms with Crippen molar-refractivity contribution in [3.05, 3.63) is 28.8 Å². The zero-order valence-corrected chi connectivity index (χ0v) is 11.9. The second-order valence-corrected chi connectivity index (χ2v) is 5.53. The molecule has 21 heavy (non-hydrogen) atoms. The number of benzene rings is 1. The minimum absolute atomic E-state index is 0.0561. The van der Waals surface area contributed by atoms with Crippen molar-refractivity contribution in [2.45, 2.75) is 30.5 Å². The summed E-state index contributed by atoms with van der Waals surface area (Å²) in [6.07, 6.45) is -4.50. The lowest BCUT2D eigenvalue weighted by molar-refractivity contribution is -0.254. The number of para-hydroxylation sites is 1. The number of rotatable bonds is 5. The van der Waals surface area contributed by atoms with E-state index in [0.29, 0.717) is 12.8 Å². The van der Waals surface area contributed by atoms with Crippen LogP contribution in [0, 0.1) is 5.92 Å². The van der Waals surface area contributed by atoms with Crippen molar-refractivity contribution in [2.24, 2.45) is 5.92 Å². The Bertz CT molecular complexity index is 543.